The predicted octanol–water partition coefficient (Wildman–Crippen LogP) is 2.54. The highest BCUT2D eigenvalue weighted by molar-refractivity contribution is 7.98. The number of hydrogen-bond donors (Lipinski definition) is 1. The molecule has 0 saturated heterocycles. The van der Waals surface area contributed by atoms with Gasteiger partial charge in [-0.05, 0) is 36.6 Å². The first-order valence-corrected chi connectivity index (χ1v) is 9.94. The van der Waals surface area contributed by atoms with Crippen LogP contribution in [0.25, 0.3) is 0 Å². The first-order valence-electron chi connectivity index (χ1n) is 7.28. The Morgan fingerprint density at radius 2 is 1.96 bits per heavy atom. The normalized spacial score (nSPS) is 11.1. The molecule has 2 aromatic rings. The Hall–Kier alpha value is -2.34. The summed E-state index contributed by atoms with van der Waals surface area (Å²) in [7, 11) is -2.53. The molecule has 0 aliphatic carbocycles. The van der Waals surface area contributed by atoms with Crippen LogP contribution in [0.4, 0.5) is 5.69 Å². The highest BCUT2D eigenvalue weighted by atomic mass is 32.2. The van der Waals surface area contributed by atoms with E-state index in [4.69, 9.17) is 5.26 Å². The van der Waals surface area contributed by atoms with E-state index in [1.54, 1.807) is 12.1 Å². The molecule has 0 atom stereocenters. The maximum Gasteiger partial charge on any atom is 0.243 e. The summed E-state index contributed by atoms with van der Waals surface area (Å²) in [6.45, 7) is -0.332. The Kier molecular flexibility index (Phi) is 6.20. The van der Waals surface area contributed by atoms with Gasteiger partial charge in [-0.15, -0.1) is 11.8 Å². The van der Waals surface area contributed by atoms with Crippen LogP contribution in [0, 0.1) is 11.3 Å². The lowest BCUT2D eigenvalue weighted by atomic mass is 10.2. The number of nitrogens with one attached hydrogen (secondary N) is 1. The molecule has 1 N–H and O–H groups in total. The van der Waals surface area contributed by atoms with Crippen LogP contribution in [0.3, 0.4) is 0 Å². The topological polar surface area (TPSA) is 90.3 Å². The third kappa shape index (κ3) is 4.60. The lowest BCUT2D eigenvalue weighted by Crippen LogP contribution is -2.35. The Morgan fingerprint density at radius 3 is 2.64 bits per heavy atom. The second kappa shape index (κ2) is 8.16. The Bertz CT molecular complexity index is 921. The van der Waals surface area contributed by atoms with Crippen LogP contribution < -0.4 is 5.32 Å². The molecule has 130 valence electrons. The van der Waals surface area contributed by atoms with Crippen LogP contribution in [-0.4, -0.2) is 38.5 Å². The average molecular weight is 375 g/mol. The third-order valence-corrected chi connectivity index (χ3v) is 6.01. The molecule has 0 saturated carbocycles. The number of nitrogens with zero attached hydrogens (tertiary/aromatic N) is 2. The molecule has 0 heterocycles. The van der Waals surface area contributed by atoms with E-state index in [0.29, 0.717) is 5.69 Å². The van der Waals surface area contributed by atoms with Gasteiger partial charge in [0.05, 0.1) is 28.8 Å². The molecule has 0 radical (unpaired) electrons. The van der Waals surface area contributed by atoms with Crippen molar-refractivity contribution in [1.29, 1.82) is 5.26 Å². The molecule has 8 heteroatoms. The quantitative estimate of drug-likeness (QED) is 0.784. The number of benzene rings is 2. The summed E-state index contributed by atoms with van der Waals surface area (Å²) in [5.74, 6) is -0.441. The van der Waals surface area contributed by atoms with Crippen molar-refractivity contribution in [3.05, 3.63) is 54.1 Å². The highest BCUT2D eigenvalue weighted by Gasteiger charge is 2.23. The molecule has 0 unspecified atom stereocenters. The van der Waals surface area contributed by atoms with E-state index in [2.05, 4.69) is 5.32 Å². The summed E-state index contributed by atoms with van der Waals surface area (Å²) in [6.07, 6.45) is 1.89. The van der Waals surface area contributed by atoms with E-state index >= 15 is 0 Å². The summed E-state index contributed by atoms with van der Waals surface area (Å²) in [5.41, 5.74) is 0.880. The Balaban J connectivity index is 2.13. The smallest absolute Gasteiger partial charge is 0.243 e. The van der Waals surface area contributed by atoms with Gasteiger partial charge in [0.25, 0.3) is 0 Å². The molecule has 2 rings (SSSR count). The lowest BCUT2D eigenvalue weighted by molar-refractivity contribution is -0.116. The van der Waals surface area contributed by atoms with Gasteiger partial charge >= 0.3 is 0 Å². The van der Waals surface area contributed by atoms with Crippen molar-refractivity contribution >= 4 is 33.4 Å². The van der Waals surface area contributed by atoms with Gasteiger partial charge in [0, 0.05) is 11.9 Å². The number of rotatable bonds is 6. The number of carbonyl (C=O) groups excluding carboxylic acids is 1. The van der Waals surface area contributed by atoms with Crippen LogP contribution in [0.1, 0.15) is 5.56 Å². The van der Waals surface area contributed by atoms with Gasteiger partial charge in [0.15, 0.2) is 0 Å². The van der Waals surface area contributed by atoms with E-state index in [-0.39, 0.29) is 17.0 Å². The third-order valence-electron chi connectivity index (χ3n) is 3.42. The SMILES string of the molecule is CSc1ccccc1NC(=O)CN(C)S(=O)(=O)c1cccc(C#N)c1. The second-order valence-corrected chi connectivity index (χ2v) is 8.04. The maximum atomic E-state index is 12.5. The number of sulfonamides is 1. The Labute approximate surface area is 151 Å². The summed E-state index contributed by atoms with van der Waals surface area (Å²) in [6, 6.07) is 14.9. The fraction of sp³-hybridized carbons (Fsp3) is 0.176. The van der Waals surface area contributed by atoms with Crippen LogP contribution >= 0.6 is 11.8 Å². The molecule has 0 aliphatic rings. The van der Waals surface area contributed by atoms with Crippen LogP contribution in [0.2, 0.25) is 0 Å². The van der Waals surface area contributed by atoms with Crippen LogP contribution in [-0.2, 0) is 14.8 Å². The van der Waals surface area contributed by atoms with Crippen molar-refractivity contribution < 1.29 is 13.2 Å². The number of likely N-dealkylation sites (N-methyl/N-ethyl adjacent to an activating group) is 1. The largest absolute Gasteiger partial charge is 0.324 e. The van der Waals surface area contributed by atoms with Gasteiger partial charge in [-0.25, -0.2) is 8.42 Å². The van der Waals surface area contributed by atoms with Crippen LogP contribution in [0.5, 0.6) is 0 Å². The van der Waals surface area contributed by atoms with Gasteiger partial charge in [-0.3, -0.25) is 4.79 Å². The van der Waals surface area contributed by atoms with E-state index in [1.807, 2.05) is 24.5 Å². The molecular formula is C17H17N3O3S2. The summed E-state index contributed by atoms with van der Waals surface area (Å²) >= 11 is 1.49. The van der Waals surface area contributed by atoms with Crippen molar-refractivity contribution in [3.63, 3.8) is 0 Å². The molecular weight excluding hydrogens is 358 g/mol. The van der Waals surface area contributed by atoms with E-state index in [1.165, 1.54) is 43.1 Å². The highest BCUT2D eigenvalue weighted by Crippen LogP contribution is 2.24. The fourth-order valence-electron chi connectivity index (χ4n) is 2.13. The molecule has 0 aromatic heterocycles. The van der Waals surface area contributed by atoms with Gasteiger partial charge in [-0.2, -0.15) is 9.57 Å². The van der Waals surface area contributed by atoms with Crippen molar-refractivity contribution in [2.45, 2.75) is 9.79 Å². The summed E-state index contributed by atoms with van der Waals surface area (Å²) in [4.78, 5) is 13.1. The van der Waals surface area contributed by atoms with Crippen molar-refractivity contribution in [2.75, 3.05) is 25.2 Å². The lowest BCUT2D eigenvalue weighted by Gasteiger charge is -2.17. The van der Waals surface area contributed by atoms with E-state index < -0.39 is 15.9 Å². The zero-order valence-electron chi connectivity index (χ0n) is 13.8. The average Bonchev–Trinajstić information content (AvgIpc) is 2.62. The van der Waals surface area contributed by atoms with Gasteiger partial charge in [0.1, 0.15) is 0 Å². The number of nitriles is 1. The fourth-order valence-corrected chi connectivity index (χ4v) is 3.86. The number of carbonyl (C=O) groups is 1. The number of thioether (sulfide) groups is 1. The number of amides is 1. The zero-order valence-corrected chi connectivity index (χ0v) is 15.4. The molecule has 25 heavy (non-hydrogen) atoms. The molecule has 6 nitrogen and oxygen atoms in total. The standard InChI is InChI=1S/C17H17N3O3S2/c1-20(25(22,23)14-7-5-6-13(10-14)11-18)12-17(21)19-15-8-3-4-9-16(15)24-2/h3-10H,12H2,1-2H3,(H,19,21). The van der Waals surface area contributed by atoms with Gasteiger partial charge in [-0.1, -0.05) is 18.2 Å². The molecule has 0 aliphatic heterocycles. The summed E-state index contributed by atoms with van der Waals surface area (Å²) < 4.78 is 26.0. The van der Waals surface area contributed by atoms with Gasteiger partial charge in [0.2, 0.25) is 15.9 Å². The molecule has 0 spiro atoms. The molecule has 0 bridgehead atoms. The maximum absolute atomic E-state index is 12.5. The molecule has 0 fully saturated rings. The number of anilines is 1. The Morgan fingerprint density at radius 1 is 1.24 bits per heavy atom. The van der Waals surface area contributed by atoms with E-state index in [9.17, 15) is 13.2 Å². The van der Waals surface area contributed by atoms with Crippen molar-refractivity contribution in [3.8, 4) is 6.07 Å². The minimum atomic E-state index is -3.86. The monoisotopic (exact) mass is 375 g/mol. The summed E-state index contributed by atoms with van der Waals surface area (Å²) in [5, 5.41) is 11.6. The first kappa shape index (κ1) is 19.0. The minimum absolute atomic E-state index is 0.0219. The zero-order chi connectivity index (χ0) is 18.4. The second-order valence-electron chi connectivity index (χ2n) is 5.15. The van der Waals surface area contributed by atoms with Crippen molar-refractivity contribution in [2.24, 2.45) is 0 Å². The number of hydrogen-bond acceptors (Lipinski definition) is 5. The van der Waals surface area contributed by atoms with Gasteiger partial charge < -0.3 is 5.32 Å². The predicted molar refractivity (Wildman–Crippen MR) is 97.8 cm³/mol. The van der Waals surface area contributed by atoms with E-state index in [0.717, 1.165) is 9.20 Å². The van der Waals surface area contributed by atoms with Crippen molar-refractivity contribution in [1.82, 2.24) is 4.31 Å². The molecule has 1 amide bonds. The minimum Gasteiger partial charge on any atom is -0.324 e. The molecule has 2 aromatic carbocycles. The number of para-hydroxylation sites is 1. The van der Waals surface area contributed by atoms with Crippen LogP contribution in [0.15, 0.2) is 58.3 Å². The first-order chi connectivity index (χ1) is 11.9.